The molecule has 4 nitrogen and oxygen atoms in total. The lowest BCUT2D eigenvalue weighted by Crippen LogP contribution is -2.27. The highest BCUT2D eigenvalue weighted by molar-refractivity contribution is 5.89. The van der Waals surface area contributed by atoms with E-state index in [1.165, 1.54) is 0 Å². The number of hydrogen-bond acceptors (Lipinski definition) is 2. The third-order valence-electron chi connectivity index (χ3n) is 3.75. The molecule has 1 aliphatic rings. The van der Waals surface area contributed by atoms with Crippen molar-refractivity contribution in [2.24, 2.45) is 0 Å². The first kappa shape index (κ1) is 13.1. The maximum absolute atomic E-state index is 11.2. The third kappa shape index (κ3) is 2.75. The van der Waals surface area contributed by atoms with Crippen LogP contribution in [0.2, 0.25) is 0 Å². The zero-order valence-electron chi connectivity index (χ0n) is 11.2. The molecule has 0 spiro atoms. The minimum absolute atomic E-state index is 0.475. The lowest BCUT2D eigenvalue weighted by molar-refractivity contribution is 0.0695. The van der Waals surface area contributed by atoms with Gasteiger partial charge in [-0.25, -0.2) is 4.79 Å². The van der Waals surface area contributed by atoms with E-state index >= 15 is 0 Å². The van der Waals surface area contributed by atoms with Gasteiger partial charge in [-0.15, -0.1) is 0 Å². The maximum atomic E-state index is 11.2. The van der Waals surface area contributed by atoms with Crippen molar-refractivity contribution in [1.29, 1.82) is 0 Å². The van der Waals surface area contributed by atoms with Gasteiger partial charge in [0.2, 0.25) is 0 Å². The van der Waals surface area contributed by atoms with E-state index in [0.29, 0.717) is 11.5 Å². The zero-order valence-corrected chi connectivity index (χ0v) is 11.2. The molecule has 0 radical (unpaired) electrons. The van der Waals surface area contributed by atoms with Crippen LogP contribution in [0.3, 0.4) is 0 Å². The molecule has 0 bridgehead atoms. The van der Waals surface area contributed by atoms with E-state index in [4.69, 9.17) is 0 Å². The van der Waals surface area contributed by atoms with Gasteiger partial charge in [0.05, 0.1) is 5.56 Å². The summed E-state index contributed by atoms with van der Waals surface area (Å²) in [5, 5.41) is 9.20. The van der Waals surface area contributed by atoms with Gasteiger partial charge in [0.15, 0.2) is 0 Å². The molecule has 0 aliphatic heterocycles. The predicted molar refractivity (Wildman–Crippen MR) is 71.2 cm³/mol. The lowest BCUT2D eigenvalue weighted by atomic mass is 10.2. The molecule has 0 atom stereocenters. The first-order valence-electron chi connectivity index (χ1n) is 6.82. The molecule has 1 aromatic heterocycles. The highest BCUT2D eigenvalue weighted by Crippen LogP contribution is 2.42. The van der Waals surface area contributed by atoms with E-state index in [-0.39, 0.29) is 0 Å². The van der Waals surface area contributed by atoms with Crippen molar-refractivity contribution >= 4 is 5.97 Å². The van der Waals surface area contributed by atoms with Gasteiger partial charge < -0.3 is 14.6 Å². The zero-order chi connectivity index (χ0) is 13.1. The average Bonchev–Trinajstić information content (AvgIpc) is 3.10. The fourth-order valence-electron chi connectivity index (χ4n) is 2.46. The minimum Gasteiger partial charge on any atom is -0.478 e. The van der Waals surface area contributed by atoms with Crippen LogP contribution in [0.15, 0.2) is 12.3 Å². The van der Waals surface area contributed by atoms with E-state index in [1.807, 2.05) is 6.20 Å². The average molecular weight is 250 g/mol. The van der Waals surface area contributed by atoms with Gasteiger partial charge in [-0.05, 0) is 32.0 Å². The second-order valence-electron chi connectivity index (χ2n) is 4.91. The van der Waals surface area contributed by atoms with Gasteiger partial charge in [0, 0.05) is 30.9 Å². The molecule has 4 heteroatoms. The SMILES string of the molecule is CCN(CC)CCn1ccc(C(=O)O)c1C1CC1. The fourth-order valence-corrected chi connectivity index (χ4v) is 2.46. The number of carboxylic acids is 1. The quantitative estimate of drug-likeness (QED) is 0.808. The van der Waals surface area contributed by atoms with Crippen molar-refractivity contribution in [3.05, 3.63) is 23.5 Å². The molecular weight excluding hydrogens is 228 g/mol. The van der Waals surface area contributed by atoms with Gasteiger partial charge >= 0.3 is 5.97 Å². The Morgan fingerprint density at radius 3 is 2.61 bits per heavy atom. The standard InChI is InChI=1S/C14H22N2O2/c1-3-15(4-2)9-10-16-8-7-12(14(17)18)13(16)11-5-6-11/h7-8,11H,3-6,9-10H2,1-2H3,(H,17,18). The van der Waals surface area contributed by atoms with Gasteiger partial charge in [-0.1, -0.05) is 13.8 Å². The summed E-state index contributed by atoms with van der Waals surface area (Å²) in [5.74, 6) is -0.318. The van der Waals surface area contributed by atoms with Crippen molar-refractivity contribution in [2.45, 2.75) is 39.2 Å². The Balaban J connectivity index is 2.10. The summed E-state index contributed by atoms with van der Waals surface area (Å²) in [6, 6.07) is 1.75. The molecule has 1 aliphatic carbocycles. The highest BCUT2D eigenvalue weighted by Gasteiger charge is 2.31. The van der Waals surface area contributed by atoms with E-state index in [2.05, 4.69) is 23.3 Å². The Morgan fingerprint density at radius 1 is 1.44 bits per heavy atom. The third-order valence-corrected chi connectivity index (χ3v) is 3.75. The number of rotatable bonds is 7. The van der Waals surface area contributed by atoms with Crippen LogP contribution in [-0.4, -0.2) is 40.2 Å². The van der Waals surface area contributed by atoms with Crippen molar-refractivity contribution in [2.75, 3.05) is 19.6 Å². The molecule has 100 valence electrons. The molecule has 1 saturated carbocycles. The molecule has 0 amide bonds. The summed E-state index contributed by atoms with van der Waals surface area (Å²) in [5.41, 5.74) is 1.53. The number of hydrogen-bond donors (Lipinski definition) is 1. The number of aromatic nitrogens is 1. The Labute approximate surface area is 108 Å². The summed E-state index contributed by atoms with van der Waals surface area (Å²) in [6.45, 7) is 8.28. The summed E-state index contributed by atoms with van der Waals surface area (Å²) in [7, 11) is 0. The lowest BCUT2D eigenvalue weighted by Gasteiger charge is -2.19. The summed E-state index contributed by atoms with van der Waals surface area (Å²) in [4.78, 5) is 13.6. The molecular formula is C14H22N2O2. The molecule has 1 N–H and O–H groups in total. The number of carboxylic acid groups (broad SMARTS) is 1. The fraction of sp³-hybridized carbons (Fsp3) is 0.643. The van der Waals surface area contributed by atoms with Gasteiger partial charge in [-0.3, -0.25) is 0 Å². The van der Waals surface area contributed by atoms with Crippen molar-refractivity contribution in [3.8, 4) is 0 Å². The molecule has 18 heavy (non-hydrogen) atoms. The van der Waals surface area contributed by atoms with Crippen LogP contribution < -0.4 is 0 Å². The topological polar surface area (TPSA) is 45.5 Å². The van der Waals surface area contributed by atoms with E-state index < -0.39 is 5.97 Å². The Kier molecular flexibility index (Phi) is 4.07. The van der Waals surface area contributed by atoms with Crippen molar-refractivity contribution in [1.82, 2.24) is 9.47 Å². The largest absolute Gasteiger partial charge is 0.478 e. The number of aromatic carboxylic acids is 1. The Bertz CT molecular complexity index is 417. The van der Waals surface area contributed by atoms with Gasteiger partial charge in [0.25, 0.3) is 0 Å². The van der Waals surface area contributed by atoms with Crippen LogP contribution in [-0.2, 0) is 6.54 Å². The molecule has 2 rings (SSSR count). The molecule has 0 saturated heterocycles. The van der Waals surface area contributed by atoms with Crippen LogP contribution in [0, 0.1) is 0 Å². The Morgan fingerprint density at radius 2 is 2.11 bits per heavy atom. The minimum atomic E-state index is -0.793. The van der Waals surface area contributed by atoms with Gasteiger partial charge in [-0.2, -0.15) is 0 Å². The number of carbonyl (C=O) groups is 1. The van der Waals surface area contributed by atoms with E-state index in [1.54, 1.807) is 6.07 Å². The maximum Gasteiger partial charge on any atom is 0.337 e. The molecule has 1 heterocycles. The van der Waals surface area contributed by atoms with Crippen LogP contribution in [0.25, 0.3) is 0 Å². The van der Waals surface area contributed by atoms with E-state index in [9.17, 15) is 9.90 Å². The molecule has 0 unspecified atom stereocenters. The predicted octanol–water partition coefficient (Wildman–Crippen LogP) is 2.41. The smallest absolute Gasteiger partial charge is 0.337 e. The first-order valence-corrected chi connectivity index (χ1v) is 6.82. The molecule has 1 fully saturated rings. The number of nitrogens with zero attached hydrogens (tertiary/aromatic N) is 2. The van der Waals surface area contributed by atoms with E-state index in [0.717, 1.165) is 44.7 Å². The van der Waals surface area contributed by atoms with Crippen molar-refractivity contribution < 1.29 is 9.90 Å². The Hall–Kier alpha value is -1.29. The summed E-state index contributed by atoms with van der Waals surface area (Å²) >= 11 is 0. The summed E-state index contributed by atoms with van der Waals surface area (Å²) < 4.78 is 2.14. The second kappa shape index (κ2) is 5.57. The normalized spacial score (nSPS) is 15.3. The summed E-state index contributed by atoms with van der Waals surface area (Å²) in [6.07, 6.45) is 4.20. The monoisotopic (exact) mass is 250 g/mol. The van der Waals surface area contributed by atoms with Crippen LogP contribution in [0.5, 0.6) is 0 Å². The second-order valence-corrected chi connectivity index (χ2v) is 4.91. The van der Waals surface area contributed by atoms with Crippen LogP contribution in [0.1, 0.15) is 48.7 Å². The van der Waals surface area contributed by atoms with Gasteiger partial charge in [0.1, 0.15) is 0 Å². The first-order chi connectivity index (χ1) is 8.67. The molecule has 0 aromatic carbocycles. The van der Waals surface area contributed by atoms with Crippen molar-refractivity contribution in [3.63, 3.8) is 0 Å². The highest BCUT2D eigenvalue weighted by atomic mass is 16.4. The van der Waals surface area contributed by atoms with Crippen LogP contribution in [0.4, 0.5) is 0 Å². The van der Waals surface area contributed by atoms with Crippen LogP contribution >= 0.6 is 0 Å². The number of likely N-dealkylation sites (N-methyl/N-ethyl adjacent to an activating group) is 1. The molecule has 1 aromatic rings.